The molecule has 0 unspecified atom stereocenters. The predicted octanol–water partition coefficient (Wildman–Crippen LogP) is 3.08. The van der Waals surface area contributed by atoms with Crippen molar-refractivity contribution in [3.05, 3.63) is 69.5 Å². The van der Waals surface area contributed by atoms with Crippen molar-refractivity contribution in [1.29, 1.82) is 0 Å². The summed E-state index contributed by atoms with van der Waals surface area (Å²) in [7, 11) is 1.18. The molecular formula is C21H21Cl2FN2O4. The average molecular weight is 455 g/mol. The fourth-order valence-electron chi connectivity index (χ4n) is 2.88. The molecule has 2 amide bonds. The van der Waals surface area contributed by atoms with Crippen molar-refractivity contribution in [1.82, 2.24) is 10.6 Å². The molecule has 30 heavy (non-hydrogen) atoms. The lowest BCUT2D eigenvalue weighted by Crippen LogP contribution is -2.53. The van der Waals surface area contributed by atoms with Crippen LogP contribution in [0, 0.1) is 5.82 Å². The van der Waals surface area contributed by atoms with Crippen LogP contribution in [-0.4, -0.2) is 37.0 Å². The number of carbonyl (C=O) groups excluding carboxylic acids is 3. The zero-order valence-corrected chi connectivity index (χ0v) is 17.9. The second-order valence-electron chi connectivity index (χ2n) is 6.54. The van der Waals surface area contributed by atoms with Crippen molar-refractivity contribution in [2.45, 2.75) is 31.8 Å². The van der Waals surface area contributed by atoms with E-state index in [2.05, 4.69) is 10.6 Å². The van der Waals surface area contributed by atoms with Crippen LogP contribution in [-0.2, 0) is 32.0 Å². The quantitative estimate of drug-likeness (QED) is 0.600. The maximum Gasteiger partial charge on any atom is 0.328 e. The molecule has 0 aromatic heterocycles. The first-order valence-corrected chi connectivity index (χ1v) is 9.80. The predicted molar refractivity (Wildman–Crippen MR) is 112 cm³/mol. The van der Waals surface area contributed by atoms with Crippen molar-refractivity contribution >= 4 is 41.0 Å². The van der Waals surface area contributed by atoms with E-state index in [4.69, 9.17) is 27.9 Å². The van der Waals surface area contributed by atoms with E-state index in [1.54, 1.807) is 24.3 Å². The Morgan fingerprint density at radius 1 is 0.967 bits per heavy atom. The third kappa shape index (κ3) is 6.43. The van der Waals surface area contributed by atoms with E-state index in [0.717, 1.165) is 0 Å². The van der Waals surface area contributed by atoms with Gasteiger partial charge in [0.1, 0.15) is 17.9 Å². The molecule has 0 heterocycles. The smallest absolute Gasteiger partial charge is 0.328 e. The Bertz CT molecular complexity index is 919. The van der Waals surface area contributed by atoms with Gasteiger partial charge in [-0.1, -0.05) is 47.5 Å². The Balaban J connectivity index is 2.24. The third-order valence-electron chi connectivity index (χ3n) is 4.35. The highest BCUT2D eigenvalue weighted by Gasteiger charge is 2.29. The lowest BCUT2D eigenvalue weighted by molar-refractivity contribution is -0.145. The van der Waals surface area contributed by atoms with Crippen molar-refractivity contribution in [2.75, 3.05) is 7.11 Å². The largest absolute Gasteiger partial charge is 0.467 e. The van der Waals surface area contributed by atoms with E-state index in [9.17, 15) is 18.8 Å². The van der Waals surface area contributed by atoms with E-state index in [0.29, 0.717) is 15.6 Å². The summed E-state index contributed by atoms with van der Waals surface area (Å²) in [6, 6.07) is 8.57. The average Bonchev–Trinajstić information content (AvgIpc) is 2.70. The van der Waals surface area contributed by atoms with Crippen LogP contribution < -0.4 is 10.6 Å². The summed E-state index contributed by atoms with van der Waals surface area (Å²) in [5.74, 6) is -2.37. The van der Waals surface area contributed by atoms with Gasteiger partial charge in [0, 0.05) is 29.8 Å². The monoisotopic (exact) mass is 454 g/mol. The number of carbonyl (C=O) groups is 3. The Labute approximate surface area is 183 Å². The van der Waals surface area contributed by atoms with E-state index < -0.39 is 35.7 Å². The molecule has 2 N–H and O–H groups in total. The minimum absolute atomic E-state index is 0.0244. The first-order valence-electron chi connectivity index (χ1n) is 9.04. The van der Waals surface area contributed by atoms with Gasteiger partial charge in [0.05, 0.1) is 7.11 Å². The van der Waals surface area contributed by atoms with Crippen LogP contribution in [0.3, 0.4) is 0 Å². The Hall–Kier alpha value is -2.64. The van der Waals surface area contributed by atoms with Crippen LogP contribution in [0.1, 0.15) is 18.1 Å². The van der Waals surface area contributed by atoms with Crippen molar-refractivity contribution < 1.29 is 23.5 Å². The molecule has 2 rings (SSSR count). The van der Waals surface area contributed by atoms with Crippen molar-refractivity contribution in [2.24, 2.45) is 0 Å². The minimum atomic E-state index is -1.11. The third-order valence-corrected chi connectivity index (χ3v) is 5.06. The summed E-state index contributed by atoms with van der Waals surface area (Å²) in [5, 5.41) is 5.69. The number of halogens is 3. The fourth-order valence-corrected chi connectivity index (χ4v) is 3.43. The van der Waals surface area contributed by atoms with Crippen LogP contribution in [0.4, 0.5) is 4.39 Å². The highest BCUT2D eigenvalue weighted by atomic mass is 35.5. The number of amides is 2. The molecule has 0 aliphatic heterocycles. The van der Waals surface area contributed by atoms with E-state index >= 15 is 0 Å². The molecule has 2 atom stereocenters. The molecular weight excluding hydrogens is 434 g/mol. The molecule has 0 saturated carbocycles. The van der Waals surface area contributed by atoms with Gasteiger partial charge in [0.15, 0.2) is 0 Å². The summed E-state index contributed by atoms with van der Waals surface area (Å²) < 4.78 is 18.8. The number of nitrogens with one attached hydrogen (secondary N) is 2. The Morgan fingerprint density at radius 2 is 1.60 bits per heavy atom. The molecule has 9 heteroatoms. The minimum Gasteiger partial charge on any atom is -0.467 e. The van der Waals surface area contributed by atoms with Crippen LogP contribution in [0.2, 0.25) is 10.0 Å². The topological polar surface area (TPSA) is 84.5 Å². The number of hydrogen-bond acceptors (Lipinski definition) is 4. The van der Waals surface area contributed by atoms with Crippen LogP contribution in [0.15, 0.2) is 42.5 Å². The second-order valence-corrected chi connectivity index (χ2v) is 7.35. The molecule has 0 aliphatic carbocycles. The van der Waals surface area contributed by atoms with Crippen LogP contribution in [0.25, 0.3) is 0 Å². The summed E-state index contributed by atoms with van der Waals surface area (Å²) in [6.45, 7) is 1.24. The summed E-state index contributed by atoms with van der Waals surface area (Å²) >= 11 is 12.3. The summed E-state index contributed by atoms with van der Waals surface area (Å²) in [6.07, 6.45) is -0.123. The van der Waals surface area contributed by atoms with Gasteiger partial charge < -0.3 is 15.4 Å². The summed E-state index contributed by atoms with van der Waals surface area (Å²) in [5.41, 5.74) is 0.705. The lowest BCUT2D eigenvalue weighted by atomic mass is 10.0. The Morgan fingerprint density at radius 3 is 2.17 bits per heavy atom. The Kier molecular flexibility index (Phi) is 8.62. The van der Waals surface area contributed by atoms with Gasteiger partial charge >= 0.3 is 5.97 Å². The number of methoxy groups -OCH3 is 1. The van der Waals surface area contributed by atoms with Gasteiger partial charge in [-0.15, -0.1) is 0 Å². The molecule has 0 bridgehead atoms. The van der Waals surface area contributed by atoms with E-state index in [-0.39, 0.29) is 18.4 Å². The first-order chi connectivity index (χ1) is 14.2. The van der Waals surface area contributed by atoms with Gasteiger partial charge in [0.25, 0.3) is 0 Å². The maximum atomic E-state index is 14.0. The number of esters is 1. The molecule has 2 aromatic carbocycles. The summed E-state index contributed by atoms with van der Waals surface area (Å²) in [4.78, 5) is 36.7. The lowest BCUT2D eigenvalue weighted by Gasteiger charge is -2.23. The normalized spacial score (nSPS) is 12.6. The first kappa shape index (κ1) is 23.6. The van der Waals surface area contributed by atoms with E-state index in [1.165, 1.54) is 32.2 Å². The molecule has 0 spiro atoms. The van der Waals surface area contributed by atoms with Gasteiger partial charge in [-0.25, -0.2) is 9.18 Å². The van der Waals surface area contributed by atoms with Crippen molar-refractivity contribution in [3.8, 4) is 0 Å². The van der Waals surface area contributed by atoms with Crippen LogP contribution in [0.5, 0.6) is 0 Å². The number of benzene rings is 2. The SMILES string of the molecule is COC(=O)[C@@H](Cc1c(Cl)cccc1Cl)NC(=O)[C@@H](Cc1ccccc1F)NC(C)=O. The highest BCUT2D eigenvalue weighted by molar-refractivity contribution is 6.36. The second kappa shape index (κ2) is 10.9. The molecule has 2 aromatic rings. The van der Waals surface area contributed by atoms with Gasteiger partial charge in [-0.3, -0.25) is 9.59 Å². The maximum absolute atomic E-state index is 14.0. The van der Waals surface area contributed by atoms with Crippen LogP contribution >= 0.6 is 23.2 Å². The van der Waals surface area contributed by atoms with Gasteiger partial charge in [0.2, 0.25) is 11.8 Å². The standard InChI is InChI=1S/C21H21Cl2FN2O4/c1-12(27)25-18(10-13-6-3-4-9-17(13)24)20(28)26-19(21(29)30-2)11-14-15(22)7-5-8-16(14)23/h3-9,18-19H,10-11H2,1-2H3,(H,25,27)(H,26,28)/t18-,19-/m1/s1. The van der Waals surface area contributed by atoms with Gasteiger partial charge in [-0.2, -0.15) is 0 Å². The molecule has 0 radical (unpaired) electrons. The molecule has 0 fully saturated rings. The number of ether oxygens (including phenoxy) is 1. The number of rotatable bonds is 8. The highest BCUT2D eigenvalue weighted by Crippen LogP contribution is 2.25. The zero-order chi connectivity index (χ0) is 22.3. The molecule has 6 nitrogen and oxygen atoms in total. The molecule has 160 valence electrons. The zero-order valence-electron chi connectivity index (χ0n) is 16.4. The van der Waals surface area contributed by atoms with Crippen molar-refractivity contribution in [3.63, 3.8) is 0 Å². The molecule has 0 aliphatic rings. The van der Waals surface area contributed by atoms with E-state index in [1.807, 2.05) is 0 Å². The number of hydrogen-bond donors (Lipinski definition) is 2. The fraction of sp³-hybridized carbons (Fsp3) is 0.286. The molecule has 0 saturated heterocycles. The van der Waals surface area contributed by atoms with Gasteiger partial charge in [-0.05, 0) is 29.3 Å².